The summed E-state index contributed by atoms with van der Waals surface area (Å²) in [6.45, 7) is 3.27. The van der Waals surface area contributed by atoms with Gasteiger partial charge >= 0.3 is 5.97 Å². The lowest BCUT2D eigenvalue weighted by Crippen LogP contribution is -2.62. The van der Waals surface area contributed by atoms with Gasteiger partial charge in [0.1, 0.15) is 0 Å². The van der Waals surface area contributed by atoms with Gasteiger partial charge in [0.2, 0.25) is 15.9 Å². The van der Waals surface area contributed by atoms with E-state index in [9.17, 15) is 27.9 Å². The molecule has 2 aromatic rings. The number of likely N-dealkylation sites (tertiary alicyclic amines) is 1. The number of guanidine groups is 1. The molecule has 8 N–H and O–H groups in total. The average Bonchev–Trinajstić information content (AvgIpc) is 2.95. The Labute approximate surface area is 240 Å². The maximum absolute atomic E-state index is 13.6. The molecule has 1 heterocycles. The predicted octanol–water partition coefficient (Wildman–Crippen LogP) is 1.53. The number of nitrogens with one attached hydrogen (secondary N) is 3. The molecule has 12 nitrogen and oxygen atoms in total. The Bertz CT molecular complexity index is 1380. The van der Waals surface area contributed by atoms with Gasteiger partial charge in [-0.15, -0.1) is 0 Å². The van der Waals surface area contributed by atoms with E-state index in [1.807, 2.05) is 19.1 Å². The zero-order valence-electron chi connectivity index (χ0n) is 23.3. The minimum Gasteiger partial charge on any atom is -0.480 e. The van der Waals surface area contributed by atoms with Crippen molar-refractivity contribution in [2.24, 2.45) is 17.4 Å². The molecule has 1 aliphatic heterocycles. The number of fused-ring (bicyclic) bond motifs is 1. The van der Waals surface area contributed by atoms with E-state index in [0.717, 1.165) is 24.6 Å². The second-order valence-electron chi connectivity index (χ2n) is 10.6. The number of nitrogens with two attached hydrogens (primary N) is 2. The standard InChI is InChI=1S/C28H40N6O6S/c1-2-3-6-13-28(31,26(37)38)25(36)23(16-24(35)32-17-19-8-7-14-34(18-19)27(29)30)33-41(39,40)22-12-11-20-9-4-5-10-21(20)15-22/h4-5,9-12,15,19,23,33H,2-3,6-8,13-14,16-18,31H2,1H3,(H3,29,30)(H,32,35)(H,37,38)/t19-,23?,28-/m0/s1. The minimum atomic E-state index is -4.35. The first kappa shape index (κ1) is 32.0. The molecule has 2 aromatic carbocycles. The maximum Gasteiger partial charge on any atom is 0.331 e. The van der Waals surface area contributed by atoms with Crippen molar-refractivity contribution in [3.05, 3.63) is 42.5 Å². The van der Waals surface area contributed by atoms with Gasteiger partial charge in [-0.1, -0.05) is 56.5 Å². The predicted molar refractivity (Wildman–Crippen MR) is 156 cm³/mol. The SMILES string of the molecule is CCCCC[C@@](N)(C(=O)O)C(=O)C(CC(=O)NC[C@@H]1CCCN(C(=N)N)C1)NS(=O)(=O)c1ccc2ccccc2c1. The maximum atomic E-state index is 13.6. The van der Waals surface area contributed by atoms with Crippen molar-refractivity contribution in [1.82, 2.24) is 14.9 Å². The molecule has 1 aliphatic rings. The second kappa shape index (κ2) is 13.9. The van der Waals surface area contributed by atoms with Crippen LogP contribution in [0, 0.1) is 11.3 Å². The summed E-state index contributed by atoms with van der Waals surface area (Å²) in [6, 6.07) is 9.87. The highest BCUT2D eigenvalue weighted by atomic mass is 32.2. The van der Waals surface area contributed by atoms with Crippen molar-refractivity contribution in [2.75, 3.05) is 19.6 Å². The monoisotopic (exact) mass is 588 g/mol. The zero-order chi connectivity index (χ0) is 30.2. The van der Waals surface area contributed by atoms with E-state index in [2.05, 4.69) is 10.0 Å². The summed E-state index contributed by atoms with van der Waals surface area (Å²) < 4.78 is 29.1. The fourth-order valence-corrected chi connectivity index (χ4v) is 6.27. The third-order valence-electron chi connectivity index (χ3n) is 7.48. The summed E-state index contributed by atoms with van der Waals surface area (Å²) in [5.41, 5.74) is 9.33. The van der Waals surface area contributed by atoms with Crippen LogP contribution in [0.2, 0.25) is 0 Å². The molecule has 0 radical (unpaired) electrons. The normalized spacial score (nSPS) is 17.9. The molecular weight excluding hydrogens is 548 g/mol. The summed E-state index contributed by atoms with van der Waals surface area (Å²) in [5.74, 6) is -3.35. The number of piperidine rings is 1. The molecule has 3 rings (SSSR count). The van der Waals surface area contributed by atoms with E-state index in [0.29, 0.717) is 31.3 Å². The zero-order valence-corrected chi connectivity index (χ0v) is 24.1. The van der Waals surface area contributed by atoms with E-state index in [-0.39, 0.29) is 29.7 Å². The van der Waals surface area contributed by atoms with E-state index in [1.165, 1.54) is 12.1 Å². The molecule has 1 amide bonds. The number of carboxylic acids is 1. The first-order valence-electron chi connectivity index (χ1n) is 13.8. The molecule has 0 spiro atoms. The smallest absolute Gasteiger partial charge is 0.331 e. The molecule has 0 aromatic heterocycles. The van der Waals surface area contributed by atoms with E-state index < -0.39 is 45.7 Å². The number of hydrogen-bond acceptors (Lipinski definition) is 7. The van der Waals surface area contributed by atoms with Gasteiger partial charge < -0.3 is 26.8 Å². The summed E-state index contributed by atoms with van der Waals surface area (Å²) in [4.78, 5) is 40.4. The van der Waals surface area contributed by atoms with Crippen molar-refractivity contribution in [3.8, 4) is 0 Å². The Morgan fingerprint density at radius 1 is 1.17 bits per heavy atom. The van der Waals surface area contributed by atoms with Gasteiger partial charge in [-0.2, -0.15) is 0 Å². The number of aliphatic carboxylic acids is 1. The fraction of sp³-hybridized carbons (Fsp3) is 0.500. The summed E-state index contributed by atoms with van der Waals surface area (Å²) >= 11 is 0. The van der Waals surface area contributed by atoms with Gasteiger partial charge in [-0.25, -0.2) is 17.9 Å². The highest BCUT2D eigenvalue weighted by Crippen LogP contribution is 2.22. The number of carbonyl (C=O) groups is 3. The summed E-state index contributed by atoms with van der Waals surface area (Å²) in [5, 5.41) is 21.7. The molecular formula is C28H40N6O6S. The van der Waals surface area contributed by atoms with Crippen LogP contribution in [0.1, 0.15) is 51.9 Å². The number of rotatable bonds is 14. The quantitative estimate of drug-likeness (QED) is 0.0817. The van der Waals surface area contributed by atoms with Gasteiger partial charge in [-0.05, 0) is 48.1 Å². The third kappa shape index (κ3) is 8.24. The van der Waals surface area contributed by atoms with Crippen LogP contribution in [-0.2, 0) is 24.4 Å². The topological polar surface area (TPSA) is 209 Å². The van der Waals surface area contributed by atoms with Gasteiger partial charge in [0.25, 0.3) is 0 Å². The van der Waals surface area contributed by atoms with Gasteiger partial charge in [0, 0.05) is 19.6 Å². The Balaban J connectivity index is 1.83. The Morgan fingerprint density at radius 3 is 2.54 bits per heavy atom. The molecule has 224 valence electrons. The number of Topliss-reactive ketones (excluding diaryl/α,β-unsaturated/α-hetero) is 1. The highest BCUT2D eigenvalue weighted by Gasteiger charge is 2.46. The molecule has 1 unspecified atom stereocenters. The molecule has 1 saturated heterocycles. The van der Waals surface area contributed by atoms with Crippen molar-refractivity contribution >= 4 is 44.4 Å². The minimum absolute atomic E-state index is 0.00158. The average molecular weight is 589 g/mol. The molecule has 0 saturated carbocycles. The van der Waals surface area contributed by atoms with Gasteiger partial charge in [0.15, 0.2) is 17.3 Å². The van der Waals surface area contributed by atoms with Crippen LogP contribution in [0.3, 0.4) is 0 Å². The van der Waals surface area contributed by atoms with Crippen LogP contribution in [0.4, 0.5) is 0 Å². The van der Waals surface area contributed by atoms with Crippen LogP contribution < -0.4 is 21.5 Å². The number of sulfonamides is 1. The lowest BCUT2D eigenvalue weighted by atomic mass is 9.84. The number of carboxylic acid groups (broad SMARTS) is 1. The van der Waals surface area contributed by atoms with Gasteiger partial charge in [0.05, 0.1) is 17.4 Å². The van der Waals surface area contributed by atoms with Crippen LogP contribution >= 0.6 is 0 Å². The lowest BCUT2D eigenvalue weighted by Gasteiger charge is -2.33. The first-order chi connectivity index (χ1) is 19.4. The van der Waals surface area contributed by atoms with Crippen molar-refractivity contribution < 1.29 is 27.9 Å². The molecule has 41 heavy (non-hydrogen) atoms. The molecule has 3 atom stereocenters. The first-order valence-corrected chi connectivity index (χ1v) is 15.3. The van der Waals surface area contributed by atoms with Crippen LogP contribution in [0.25, 0.3) is 10.8 Å². The van der Waals surface area contributed by atoms with Crippen molar-refractivity contribution in [3.63, 3.8) is 0 Å². The molecule has 1 fully saturated rings. The number of benzene rings is 2. The second-order valence-corrected chi connectivity index (χ2v) is 12.3. The van der Waals surface area contributed by atoms with Crippen LogP contribution in [0.5, 0.6) is 0 Å². The third-order valence-corrected chi connectivity index (χ3v) is 8.95. The van der Waals surface area contributed by atoms with E-state index in [4.69, 9.17) is 16.9 Å². The molecule has 13 heteroatoms. The number of hydrogen-bond donors (Lipinski definition) is 6. The van der Waals surface area contributed by atoms with Crippen molar-refractivity contribution in [2.45, 2.75) is 68.3 Å². The summed E-state index contributed by atoms with van der Waals surface area (Å²) in [7, 11) is -4.35. The Morgan fingerprint density at radius 2 is 1.88 bits per heavy atom. The van der Waals surface area contributed by atoms with Crippen molar-refractivity contribution in [1.29, 1.82) is 5.41 Å². The highest BCUT2D eigenvalue weighted by molar-refractivity contribution is 7.89. The number of unbranched alkanes of at least 4 members (excludes halogenated alkanes) is 2. The Hall–Kier alpha value is -3.55. The summed E-state index contributed by atoms with van der Waals surface area (Å²) in [6.07, 6.45) is 2.49. The van der Waals surface area contributed by atoms with Crippen LogP contribution in [0.15, 0.2) is 47.4 Å². The van der Waals surface area contributed by atoms with E-state index in [1.54, 1.807) is 23.1 Å². The fourth-order valence-electron chi connectivity index (χ4n) is 5.04. The molecule has 0 aliphatic carbocycles. The van der Waals surface area contributed by atoms with Crippen LogP contribution in [-0.4, -0.2) is 73.3 Å². The number of ketones is 1. The Kier molecular flexibility index (Phi) is 10.8. The number of carbonyl (C=O) groups excluding carboxylic acids is 2. The number of nitrogens with zero attached hydrogens (tertiary/aromatic N) is 1. The number of amides is 1. The largest absolute Gasteiger partial charge is 0.480 e. The lowest BCUT2D eigenvalue weighted by molar-refractivity contribution is -0.150. The van der Waals surface area contributed by atoms with Gasteiger partial charge in [-0.3, -0.25) is 15.0 Å². The molecule has 0 bridgehead atoms. The van der Waals surface area contributed by atoms with E-state index >= 15 is 0 Å².